The van der Waals surface area contributed by atoms with Crippen LogP contribution in [0.2, 0.25) is 0 Å². The first kappa shape index (κ1) is 23.5. The van der Waals surface area contributed by atoms with Gasteiger partial charge in [0, 0.05) is 50.6 Å². The van der Waals surface area contributed by atoms with E-state index in [9.17, 15) is 0 Å². The van der Waals surface area contributed by atoms with Crippen molar-refractivity contribution in [2.24, 2.45) is 0 Å². The topological polar surface area (TPSA) is 82.3 Å². The van der Waals surface area contributed by atoms with E-state index in [-0.39, 0.29) is 0 Å². The molecule has 0 fully saturated rings. The van der Waals surface area contributed by atoms with E-state index in [1.165, 1.54) is 4.88 Å². The van der Waals surface area contributed by atoms with Crippen molar-refractivity contribution >= 4 is 38.8 Å². The highest BCUT2D eigenvalue weighted by molar-refractivity contribution is 7.13. The number of allylic oxidation sites excluding steroid dienone is 5. The summed E-state index contributed by atoms with van der Waals surface area (Å²) in [5.41, 5.74) is 8.50. The number of pyridine rings is 2. The second kappa shape index (κ2) is 10.2. The Bertz CT molecular complexity index is 1610. The van der Waals surface area contributed by atoms with Gasteiger partial charge < -0.3 is 10.3 Å². The molecule has 0 unspecified atom stereocenters. The summed E-state index contributed by atoms with van der Waals surface area (Å²) in [6.07, 6.45) is 13.5. The molecule has 5 rings (SSSR count). The van der Waals surface area contributed by atoms with Crippen LogP contribution in [0.15, 0.2) is 91.0 Å². The van der Waals surface area contributed by atoms with Crippen LogP contribution in [0.25, 0.3) is 49.3 Å². The van der Waals surface area contributed by atoms with Gasteiger partial charge in [-0.1, -0.05) is 38.6 Å². The van der Waals surface area contributed by atoms with Gasteiger partial charge in [-0.15, -0.1) is 11.3 Å². The van der Waals surface area contributed by atoms with Crippen LogP contribution in [-0.2, 0) is 0 Å². The van der Waals surface area contributed by atoms with Gasteiger partial charge in [-0.3, -0.25) is 10.1 Å². The minimum atomic E-state index is 0.668. The molecular formula is C29H28N6S. The summed E-state index contributed by atoms with van der Waals surface area (Å²) in [5, 5.41) is 15.2. The molecule has 0 atom stereocenters. The van der Waals surface area contributed by atoms with Crippen LogP contribution in [0, 0.1) is 0 Å². The van der Waals surface area contributed by atoms with E-state index >= 15 is 0 Å². The smallest absolute Gasteiger partial charge is 0.181 e. The lowest BCUT2D eigenvalue weighted by Gasteiger charge is -2.11. The van der Waals surface area contributed by atoms with Gasteiger partial charge in [0.25, 0.3) is 0 Å². The number of H-pyrrole nitrogens is 2. The van der Waals surface area contributed by atoms with Crippen LogP contribution in [0.1, 0.15) is 32.3 Å². The van der Waals surface area contributed by atoms with Crippen molar-refractivity contribution in [2.45, 2.75) is 26.7 Å². The van der Waals surface area contributed by atoms with E-state index in [2.05, 4.69) is 92.3 Å². The zero-order chi connectivity index (χ0) is 25.1. The molecule has 0 radical (unpaired) electrons. The van der Waals surface area contributed by atoms with E-state index in [1.807, 2.05) is 31.6 Å². The third-order valence-electron chi connectivity index (χ3n) is 6.06. The number of aromatic nitrogens is 5. The Morgan fingerprint density at radius 3 is 2.83 bits per heavy atom. The number of nitrogens with one attached hydrogen (secondary N) is 3. The molecule has 36 heavy (non-hydrogen) atoms. The van der Waals surface area contributed by atoms with Gasteiger partial charge >= 0.3 is 0 Å². The van der Waals surface area contributed by atoms with Crippen molar-refractivity contribution in [3.05, 3.63) is 96.6 Å². The number of nitrogens with zero attached hydrogens (tertiary/aromatic N) is 3. The van der Waals surface area contributed by atoms with Crippen molar-refractivity contribution in [1.29, 1.82) is 0 Å². The van der Waals surface area contributed by atoms with Crippen molar-refractivity contribution in [2.75, 3.05) is 0 Å². The third-order valence-corrected chi connectivity index (χ3v) is 6.96. The van der Waals surface area contributed by atoms with Crippen molar-refractivity contribution in [3.8, 4) is 21.8 Å². The van der Waals surface area contributed by atoms with Gasteiger partial charge in [0.2, 0.25) is 0 Å². The molecule has 0 aliphatic rings. The summed E-state index contributed by atoms with van der Waals surface area (Å²) < 4.78 is 0. The van der Waals surface area contributed by atoms with Gasteiger partial charge in [0.1, 0.15) is 0 Å². The van der Waals surface area contributed by atoms with E-state index < -0.39 is 0 Å². The highest BCUT2D eigenvalue weighted by atomic mass is 32.1. The fourth-order valence-corrected chi connectivity index (χ4v) is 5.04. The molecule has 0 saturated carbocycles. The number of hydrogen-bond acceptors (Lipinski definition) is 5. The average Bonchev–Trinajstić information content (AvgIpc) is 3.65. The fraction of sp³-hybridized carbons (Fsp3) is 0.138. The van der Waals surface area contributed by atoms with Crippen molar-refractivity contribution in [3.63, 3.8) is 0 Å². The Kier molecular flexibility index (Phi) is 6.64. The van der Waals surface area contributed by atoms with E-state index in [4.69, 9.17) is 0 Å². The zero-order valence-electron chi connectivity index (χ0n) is 20.4. The molecule has 0 saturated heterocycles. The lowest BCUT2D eigenvalue weighted by atomic mass is 10.0. The molecule has 0 aliphatic heterocycles. The molecule has 180 valence electrons. The van der Waals surface area contributed by atoms with E-state index in [0.717, 1.165) is 68.6 Å². The number of rotatable bonds is 9. The average molecular weight is 493 g/mol. The Balaban J connectivity index is 1.54. The first-order valence-electron chi connectivity index (χ1n) is 11.9. The summed E-state index contributed by atoms with van der Waals surface area (Å²) in [5.74, 6) is 0. The molecule has 6 nitrogen and oxygen atoms in total. The number of aromatic amines is 2. The monoisotopic (exact) mass is 492 g/mol. The molecule has 0 aromatic carbocycles. The van der Waals surface area contributed by atoms with E-state index in [1.54, 1.807) is 11.3 Å². The summed E-state index contributed by atoms with van der Waals surface area (Å²) in [7, 11) is 0. The van der Waals surface area contributed by atoms with Gasteiger partial charge in [0.05, 0.1) is 23.1 Å². The number of fused-ring (bicyclic) bond motifs is 2. The molecular weight excluding hydrogens is 464 g/mol. The maximum Gasteiger partial charge on any atom is 0.181 e. The molecule has 5 heterocycles. The highest BCUT2D eigenvalue weighted by Crippen LogP contribution is 2.35. The maximum absolute atomic E-state index is 4.63. The Morgan fingerprint density at radius 2 is 2.08 bits per heavy atom. The number of thiophene rings is 1. The lowest BCUT2D eigenvalue weighted by molar-refractivity contribution is 0.829. The molecule has 0 amide bonds. The van der Waals surface area contributed by atoms with Crippen molar-refractivity contribution in [1.82, 2.24) is 30.5 Å². The minimum absolute atomic E-state index is 0.668. The van der Waals surface area contributed by atoms with Gasteiger partial charge in [0.15, 0.2) is 5.65 Å². The number of hydrogen-bond donors (Lipinski definition) is 3. The van der Waals surface area contributed by atoms with Gasteiger partial charge in [-0.25, -0.2) is 4.98 Å². The molecule has 0 spiro atoms. The molecule has 5 aromatic rings. The van der Waals surface area contributed by atoms with Crippen LogP contribution >= 0.6 is 11.3 Å². The summed E-state index contributed by atoms with van der Waals surface area (Å²) in [4.78, 5) is 13.8. The maximum atomic E-state index is 4.63. The van der Waals surface area contributed by atoms with Gasteiger partial charge in [-0.05, 0) is 54.6 Å². The summed E-state index contributed by atoms with van der Waals surface area (Å²) >= 11 is 1.71. The first-order valence-corrected chi connectivity index (χ1v) is 12.8. The largest absolute Gasteiger partial charge is 0.359 e. The van der Waals surface area contributed by atoms with Crippen LogP contribution in [0.3, 0.4) is 0 Å². The molecule has 5 aromatic heterocycles. The predicted molar refractivity (Wildman–Crippen MR) is 151 cm³/mol. The minimum Gasteiger partial charge on any atom is -0.359 e. The third kappa shape index (κ3) is 4.53. The first-order chi connectivity index (χ1) is 17.6. The Hall–Kier alpha value is -4.23. The Labute approximate surface area is 214 Å². The summed E-state index contributed by atoms with van der Waals surface area (Å²) in [6.45, 7) is 12.2. The molecule has 0 aliphatic carbocycles. The fourth-order valence-electron chi connectivity index (χ4n) is 4.29. The normalized spacial score (nSPS) is 12.4. The van der Waals surface area contributed by atoms with E-state index in [0.29, 0.717) is 5.65 Å². The standard InChI is InChI=1S/C29H28N6S/c1-5-9-18(4)32-21(7-3)12-19(6-2)20-13-23-28(34-35-29(23)31-15-20)25-14-22-24(27-10-8-11-36-27)16-30-17-26(22)33-25/h6-8,10-17,32-33H,3-5,9H2,1-2H3,(H,31,34,35)/b19-6+,21-12+. The van der Waals surface area contributed by atoms with Crippen molar-refractivity contribution < 1.29 is 0 Å². The van der Waals surface area contributed by atoms with Crippen LogP contribution in [-0.4, -0.2) is 25.1 Å². The summed E-state index contributed by atoms with van der Waals surface area (Å²) in [6, 6.07) is 8.45. The van der Waals surface area contributed by atoms with Crippen LogP contribution in [0.4, 0.5) is 0 Å². The Morgan fingerprint density at radius 1 is 1.19 bits per heavy atom. The molecule has 7 heteroatoms. The van der Waals surface area contributed by atoms with Crippen LogP contribution < -0.4 is 5.32 Å². The highest BCUT2D eigenvalue weighted by Gasteiger charge is 2.15. The second-order valence-corrected chi connectivity index (χ2v) is 9.48. The molecule has 3 N–H and O–H groups in total. The second-order valence-electron chi connectivity index (χ2n) is 8.53. The molecule has 0 bridgehead atoms. The van der Waals surface area contributed by atoms with Crippen LogP contribution in [0.5, 0.6) is 0 Å². The zero-order valence-corrected chi connectivity index (χ0v) is 21.2. The van der Waals surface area contributed by atoms with Gasteiger partial charge in [-0.2, -0.15) is 5.10 Å². The lowest BCUT2D eigenvalue weighted by Crippen LogP contribution is -2.10. The predicted octanol–water partition coefficient (Wildman–Crippen LogP) is 7.61. The quantitative estimate of drug-likeness (QED) is 0.185. The SMILES string of the molecule is C=C/C(=C\C(=C/C)c1cnc2n[nH]c(-c3cc4c(-c5cccs5)cncc4[nH]3)c2c1)NC(=C)CCC.